The van der Waals surface area contributed by atoms with Gasteiger partial charge in [-0.2, -0.15) is 0 Å². The number of amides is 2. The molecule has 0 saturated carbocycles. The second kappa shape index (κ2) is 7.73. The Bertz CT molecular complexity index is 698. The number of Topliss-reactive ketones (excluding diaryl/α,β-unsaturated/α-hetero) is 1. The van der Waals surface area contributed by atoms with E-state index in [1.165, 1.54) is 12.1 Å². The van der Waals surface area contributed by atoms with Crippen LogP contribution in [0.2, 0.25) is 5.02 Å². The molecule has 0 aliphatic carbocycles. The number of unbranched alkanes of at least 4 members (excludes halogenated alkanes) is 2. The zero-order valence-corrected chi connectivity index (χ0v) is 14.3. The summed E-state index contributed by atoms with van der Waals surface area (Å²) in [6, 6.07) is 4.47. The summed E-state index contributed by atoms with van der Waals surface area (Å²) in [6.45, 7) is 5.28. The largest absolute Gasteiger partial charge is 0.373 e. The number of halogens is 1. The van der Waals surface area contributed by atoms with Gasteiger partial charge in [0.25, 0.3) is 11.8 Å². The molecule has 1 atom stereocenters. The summed E-state index contributed by atoms with van der Waals surface area (Å²) < 4.78 is 0. The fourth-order valence-corrected chi connectivity index (χ4v) is 2.81. The van der Waals surface area contributed by atoms with E-state index in [2.05, 4.69) is 6.58 Å². The normalized spacial score (nSPS) is 14.7. The topological polar surface area (TPSA) is 74.7 Å². The first-order chi connectivity index (χ1) is 11.3. The summed E-state index contributed by atoms with van der Waals surface area (Å²) >= 11 is 5.85. The maximum Gasteiger partial charge on any atom is 0.263 e. The van der Waals surface area contributed by atoms with E-state index in [9.17, 15) is 19.5 Å². The van der Waals surface area contributed by atoms with E-state index in [-0.39, 0.29) is 23.3 Å². The average molecular weight is 350 g/mol. The third-order valence-corrected chi connectivity index (χ3v) is 4.26. The van der Waals surface area contributed by atoms with Gasteiger partial charge in [0.2, 0.25) is 0 Å². The third kappa shape index (κ3) is 3.91. The maximum absolute atomic E-state index is 12.3. The molecule has 1 heterocycles. The SMILES string of the molecule is C=C(C)C(=O)CCCCCC(O)N1C(=O)c2ccc(Cl)cc2C1=O. The highest BCUT2D eigenvalue weighted by Crippen LogP contribution is 2.28. The number of nitrogens with zero attached hydrogens (tertiary/aromatic N) is 1. The number of imide groups is 1. The number of aliphatic hydroxyl groups is 1. The van der Waals surface area contributed by atoms with Crippen LogP contribution >= 0.6 is 11.6 Å². The van der Waals surface area contributed by atoms with Gasteiger partial charge in [-0.3, -0.25) is 14.4 Å². The van der Waals surface area contributed by atoms with Crippen molar-refractivity contribution in [2.24, 2.45) is 0 Å². The lowest BCUT2D eigenvalue weighted by atomic mass is 10.1. The molecule has 0 bridgehead atoms. The van der Waals surface area contributed by atoms with Crippen molar-refractivity contribution in [3.05, 3.63) is 46.5 Å². The van der Waals surface area contributed by atoms with Crippen LogP contribution in [0.5, 0.6) is 0 Å². The second-order valence-electron chi connectivity index (χ2n) is 5.95. The molecule has 5 nitrogen and oxygen atoms in total. The van der Waals surface area contributed by atoms with Gasteiger partial charge in [0.1, 0.15) is 6.23 Å². The zero-order valence-electron chi connectivity index (χ0n) is 13.5. The number of ketones is 1. The summed E-state index contributed by atoms with van der Waals surface area (Å²) in [5.74, 6) is -0.994. The molecule has 1 aromatic carbocycles. The van der Waals surface area contributed by atoms with Gasteiger partial charge >= 0.3 is 0 Å². The van der Waals surface area contributed by atoms with Crippen LogP contribution in [0.4, 0.5) is 0 Å². The predicted molar refractivity (Wildman–Crippen MR) is 90.9 cm³/mol. The summed E-state index contributed by atoms with van der Waals surface area (Å²) in [4.78, 5) is 36.9. The van der Waals surface area contributed by atoms with Crippen molar-refractivity contribution in [1.29, 1.82) is 0 Å². The first kappa shape index (κ1) is 18.4. The lowest BCUT2D eigenvalue weighted by molar-refractivity contribution is -0.115. The fraction of sp³-hybridized carbons (Fsp3) is 0.389. The molecule has 0 saturated heterocycles. The van der Waals surface area contributed by atoms with Gasteiger partial charge in [-0.25, -0.2) is 4.90 Å². The summed E-state index contributed by atoms with van der Waals surface area (Å²) in [7, 11) is 0. The molecule has 1 aliphatic heterocycles. The van der Waals surface area contributed by atoms with E-state index in [1.807, 2.05) is 0 Å². The highest BCUT2D eigenvalue weighted by atomic mass is 35.5. The molecule has 6 heteroatoms. The van der Waals surface area contributed by atoms with Crippen LogP contribution in [0.25, 0.3) is 0 Å². The molecule has 0 fully saturated rings. The number of aliphatic hydroxyl groups excluding tert-OH is 1. The first-order valence-corrected chi connectivity index (χ1v) is 8.25. The van der Waals surface area contributed by atoms with Gasteiger partial charge in [-0.1, -0.05) is 24.6 Å². The van der Waals surface area contributed by atoms with Gasteiger partial charge in [-0.05, 0) is 50.0 Å². The van der Waals surface area contributed by atoms with Crippen LogP contribution in [-0.2, 0) is 4.79 Å². The van der Waals surface area contributed by atoms with Crippen LogP contribution in [0.1, 0.15) is 59.7 Å². The van der Waals surface area contributed by atoms with Crippen LogP contribution in [0, 0.1) is 0 Å². The van der Waals surface area contributed by atoms with Crippen LogP contribution < -0.4 is 0 Å². The number of hydrogen-bond acceptors (Lipinski definition) is 4. The Kier molecular flexibility index (Phi) is 5.91. The Morgan fingerprint density at radius 2 is 1.88 bits per heavy atom. The smallest absolute Gasteiger partial charge is 0.263 e. The van der Waals surface area contributed by atoms with E-state index in [0.717, 1.165) is 11.3 Å². The maximum atomic E-state index is 12.3. The van der Waals surface area contributed by atoms with Gasteiger partial charge in [0.05, 0.1) is 11.1 Å². The number of allylic oxidation sites excluding steroid dienone is 1. The summed E-state index contributed by atoms with van der Waals surface area (Å²) in [5.41, 5.74) is 1.02. The number of benzene rings is 1. The minimum absolute atomic E-state index is 0.0350. The molecule has 1 aliphatic rings. The number of hydrogen-bond donors (Lipinski definition) is 1. The van der Waals surface area contributed by atoms with Crippen LogP contribution in [0.15, 0.2) is 30.4 Å². The van der Waals surface area contributed by atoms with E-state index >= 15 is 0 Å². The molecule has 24 heavy (non-hydrogen) atoms. The van der Waals surface area contributed by atoms with Crippen molar-refractivity contribution < 1.29 is 19.5 Å². The molecule has 2 rings (SSSR count). The van der Waals surface area contributed by atoms with Crippen LogP contribution in [0.3, 0.4) is 0 Å². The molecular weight excluding hydrogens is 330 g/mol. The molecule has 1 N–H and O–H groups in total. The van der Waals surface area contributed by atoms with Crippen molar-refractivity contribution in [2.45, 2.75) is 45.3 Å². The Labute approximate surface area is 145 Å². The van der Waals surface area contributed by atoms with Crippen molar-refractivity contribution in [2.75, 3.05) is 0 Å². The lowest BCUT2D eigenvalue weighted by Gasteiger charge is -2.21. The minimum Gasteiger partial charge on any atom is -0.373 e. The van der Waals surface area contributed by atoms with Crippen molar-refractivity contribution in [3.8, 4) is 0 Å². The van der Waals surface area contributed by atoms with E-state index in [4.69, 9.17) is 11.6 Å². The van der Waals surface area contributed by atoms with Crippen molar-refractivity contribution >= 4 is 29.2 Å². The zero-order chi connectivity index (χ0) is 17.9. The number of rotatable bonds is 8. The minimum atomic E-state index is -1.17. The molecule has 1 aromatic rings. The number of fused-ring (bicyclic) bond motifs is 1. The van der Waals surface area contributed by atoms with E-state index in [1.54, 1.807) is 13.0 Å². The Morgan fingerprint density at radius 1 is 1.21 bits per heavy atom. The molecule has 128 valence electrons. The fourth-order valence-electron chi connectivity index (χ4n) is 2.63. The van der Waals surface area contributed by atoms with Gasteiger partial charge in [0, 0.05) is 11.4 Å². The Hall–Kier alpha value is -1.98. The van der Waals surface area contributed by atoms with E-state index < -0.39 is 18.0 Å². The van der Waals surface area contributed by atoms with Gasteiger partial charge in [-0.15, -0.1) is 0 Å². The van der Waals surface area contributed by atoms with Gasteiger partial charge in [0.15, 0.2) is 5.78 Å². The predicted octanol–water partition coefficient (Wildman–Crippen LogP) is 3.35. The average Bonchev–Trinajstić information content (AvgIpc) is 2.77. The Balaban J connectivity index is 1.87. The molecular formula is C18H20ClNO4. The third-order valence-electron chi connectivity index (χ3n) is 4.02. The second-order valence-corrected chi connectivity index (χ2v) is 6.39. The van der Waals surface area contributed by atoms with Gasteiger partial charge < -0.3 is 5.11 Å². The summed E-state index contributed by atoms with van der Waals surface area (Å²) in [5, 5.41) is 10.6. The monoisotopic (exact) mass is 349 g/mol. The molecule has 1 unspecified atom stereocenters. The first-order valence-electron chi connectivity index (χ1n) is 7.87. The van der Waals surface area contributed by atoms with Crippen LogP contribution in [-0.4, -0.2) is 33.8 Å². The molecule has 0 spiro atoms. The number of carbonyl (C=O) groups excluding carboxylic acids is 3. The molecule has 2 amide bonds. The Morgan fingerprint density at radius 3 is 2.54 bits per heavy atom. The lowest BCUT2D eigenvalue weighted by Crippen LogP contribution is -2.39. The molecule has 0 aromatic heterocycles. The van der Waals surface area contributed by atoms with Crippen molar-refractivity contribution in [3.63, 3.8) is 0 Å². The number of carbonyl (C=O) groups is 3. The molecule has 0 radical (unpaired) electrons. The highest BCUT2D eigenvalue weighted by molar-refractivity contribution is 6.32. The van der Waals surface area contributed by atoms with E-state index in [0.29, 0.717) is 29.9 Å². The standard InChI is InChI=1S/C18H20ClNO4/c1-11(2)15(21)6-4-3-5-7-16(22)20-17(23)13-9-8-12(19)10-14(13)18(20)24/h8-10,16,22H,1,3-7H2,2H3. The van der Waals surface area contributed by atoms with Crippen molar-refractivity contribution in [1.82, 2.24) is 4.90 Å². The summed E-state index contributed by atoms with van der Waals surface area (Å²) in [6.07, 6.45) is 1.56. The quantitative estimate of drug-likeness (QED) is 0.443. The highest BCUT2D eigenvalue weighted by Gasteiger charge is 2.39.